The molecule has 3 aromatic rings. The second-order valence-corrected chi connectivity index (χ2v) is 6.52. The Kier molecular flexibility index (Phi) is 7.77. The summed E-state index contributed by atoms with van der Waals surface area (Å²) in [5.74, 6) is 0.843. The second-order valence-electron chi connectivity index (χ2n) is 5.74. The van der Waals surface area contributed by atoms with Crippen molar-refractivity contribution in [2.75, 3.05) is 13.6 Å². The first-order chi connectivity index (χ1) is 11.8. The van der Waals surface area contributed by atoms with Gasteiger partial charge < -0.3 is 15.6 Å². The SMILES string of the molecule is CCc1cccc2c(CCNC(=NC)NCc3ccsc3)c[nH]c12.I. The quantitative estimate of drug-likeness (QED) is 0.287. The van der Waals surface area contributed by atoms with Crippen molar-refractivity contribution in [1.29, 1.82) is 0 Å². The lowest BCUT2D eigenvalue weighted by atomic mass is 10.1. The van der Waals surface area contributed by atoms with E-state index in [2.05, 4.69) is 68.8 Å². The minimum absolute atomic E-state index is 0. The molecular weight excluding hydrogens is 443 g/mol. The largest absolute Gasteiger partial charge is 0.361 e. The number of fused-ring (bicyclic) bond motifs is 1. The molecule has 0 bridgehead atoms. The summed E-state index contributed by atoms with van der Waals surface area (Å²) in [5, 5.41) is 12.3. The molecular formula is C19H25IN4S. The molecule has 0 saturated heterocycles. The number of hydrogen-bond acceptors (Lipinski definition) is 2. The Hall–Kier alpha value is -1.54. The summed E-state index contributed by atoms with van der Waals surface area (Å²) in [4.78, 5) is 7.72. The molecule has 0 radical (unpaired) electrons. The maximum absolute atomic E-state index is 4.29. The normalized spacial score (nSPS) is 11.4. The minimum atomic E-state index is 0. The number of thiophene rings is 1. The minimum Gasteiger partial charge on any atom is -0.361 e. The molecule has 0 saturated carbocycles. The Morgan fingerprint density at radius 1 is 1.20 bits per heavy atom. The van der Waals surface area contributed by atoms with E-state index in [4.69, 9.17) is 0 Å². The average molecular weight is 468 g/mol. The molecule has 2 aromatic heterocycles. The first-order valence-corrected chi connectivity index (χ1v) is 9.29. The van der Waals surface area contributed by atoms with Crippen molar-refractivity contribution in [2.45, 2.75) is 26.3 Å². The van der Waals surface area contributed by atoms with Crippen molar-refractivity contribution >= 4 is 52.2 Å². The predicted octanol–water partition coefficient (Wildman–Crippen LogP) is 4.32. The molecule has 0 aliphatic carbocycles. The van der Waals surface area contributed by atoms with Crippen LogP contribution >= 0.6 is 35.3 Å². The number of nitrogens with zero attached hydrogens (tertiary/aromatic N) is 1. The van der Waals surface area contributed by atoms with Crippen molar-refractivity contribution < 1.29 is 0 Å². The Bertz CT molecular complexity index is 808. The van der Waals surface area contributed by atoms with E-state index < -0.39 is 0 Å². The summed E-state index contributed by atoms with van der Waals surface area (Å²) in [6, 6.07) is 8.66. The standard InChI is InChI=1S/C19H24N4S.HI/c1-3-15-5-4-6-17-16(12-22-18(15)17)7-9-21-19(20-2)23-11-14-8-10-24-13-14;/h4-6,8,10,12-13,22H,3,7,9,11H2,1-2H3,(H2,20,21,23);1H. The van der Waals surface area contributed by atoms with Crippen LogP contribution < -0.4 is 10.6 Å². The highest BCUT2D eigenvalue weighted by molar-refractivity contribution is 14.0. The summed E-state index contributed by atoms with van der Waals surface area (Å²) < 4.78 is 0. The van der Waals surface area contributed by atoms with Gasteiger partial charge in [0.15, 0.2) is 5.96 Å². The van der Waals surface area contributed by atoms with Gasteiger partial charge in [0.25, 0.3) is 0 Å². The smallest absolute Gasteiger partial charge is 0.191 e. The third-order valence-electron chi connectivity index (χ3n) is 4.22. The summed E-state index contributed by atoms with van der Waals surface area (Å²) >= 11 is 1.72. The van der Waals surface area contributed by atoms with Gasteiger partial charge in [0, 0.05) is 37.2 Å². The number of nitrogens with one attached hydrogen (secondary N) is 3. The van der Waals surface area contributed by atoms with Gasteiger partial charge in [0.1, 0.15) is 0 Å². The molecule has 0 spiro atoms. The van der Waals surface area contributed by atoms with Crippen LogP contribution in [0.5, 0.6) is 0 Å². The number of aromatic amines is 1. The zero-order valence-electron chi connectivity index (χ0n) is 14.6. The third kappa shape index (κ3) is 4.98. The highest BCUT2D eigenvalue weighted by atomic mass is 127. The van der Waals surface area contributed by atoms with E-state index in [0.29, 0.717) is 0 Å². The van der Waals surface area contributed by atoms with Crippen LogP contribution in [0.4, 0.5) is 0 Å². The fourth-order valence-electron chi connectivity index (χ4n) is 2.89. The molecule has 3 rings (SSSR count). The van der Waals surface area contributed by atoms with Gasteiger partial charge in [-0.2, -0.15) is 11.3 Å². The summed E-state index contributed by atoms with van der Waals surface area (Å²) in [5.41, 5.74) is 5.28. The number of para-hydroxylation sites is 1. The summed E-state index contributed by atoms with van der Waals surface area (Å²) in [6.07, 6.45) is 4.15. The average Bonchev–Trinajstić information content (AvgIpc) is 3.27. The zero-order valence-corrected chi connectivity index (χ0v) is 17.8. The van der Waals surface area contributed by atoms with Gasteiger partial charge in [0.05, 0.1) is 0 Å². The molecule has 3 N–H and O–H groups in total. The van der Waals surface area contributed by atoms with Gasteiger partial charge in [-0.3, -0.25) is 4.99 Å². The first-order valence-electron chi connectivity index (χ1n) is 8.35. The summed E-state index contributed by atoms with van der Waals surface area (Å²) in [7, 11) is 1.81. The highest BCUT2D eigenvalue weighted by Crippen LogP contribution is 2.22. The Morgan fingerprint density at radius 2 is 2.08 bits per heavy atom. The first kappa shape index (κ1) is 19.8. The van der Waals surface area contributed by atoms with Crippen LogP contribution in [0.2, 0.25) is 0 Å². The molecule has 4 nitrogen and oxygen atoms in total. The van der Waals surface area contributed by atoms with Crippen LogP contribution in [0.15, 0.2) is 46.2 Å². The van der Waals surface area contributed by atoms with Crippen LogP contribution in [0.1, 0.15) is 23.6 Å². The van der Waals surface area contributed by atoms with Crippen LogP contribution in [-0.2, 0) is 19.4 Å². The van der Waals surface area contributed by atoms with Crippen molar-refractivity contribution in [2.24, 2.45) is 4.99 Å². The molecule has 25 heavy (non-hydrogen) atoms. The van der Waals surface area contributed by atoms with E-state index in [1.165, 1.54) is 27.6 Å². The lowest BCUT2D eigenvalue weighted by molar-refractivity contribution is 0.797. The van der Waals surface area contributed by atoms with Gasteiger partial charge in [-0.1, -0.05) is 25.1 Å². The van der Waals surface area contributed by atoms with E-state index in [1.807, 2.05) is 7.05 Å². The maximum Gasteiger partial charge on any atom is 0.191 e. The predicted molar refractivity (Wildman–Crippen MR) is 119 cm³/mol. The van der Waals surface area contributed by atoms with Crippen molar-refractivity contribution in [3.05, 3.63) is 57.9 Å². The molecule has 0 amide bonds. The monoisotopic (exact) mass is 468 g/mol. The number of rotatable bonds is 6. The molecule has 0 fully saturated rings. The van der Waals surface area contributed by atoms with E-state index >= 15 is 0 Å². The zero-order chi connectivity index (χ0) is 16.8. The van der Waals surface area contributed by atoms with Crippen molar-refractivity contribution in [3.8, 4) is 0 Å². The molecule has 0 aliphatic rings. The van der Waals surface area contributed by atoms with E-state index in [1.54, 1.807) is 11.3 Å². The number of aryl methyl sites for hydroxylation is 1. The van der Waals surface area contributed by atoms with E-state index in [9.17, 15) is 0 Å². The Morgan fingerprint density at radius 3 is 2.80 bits per heavy atom. The van der Waals surface area contributed by atoms with Gasteiger partial charge >= 0.3 is 0 Å². The van der Waals surface area contributed by atoms with Crippen LogP contribution in [-0.4, -0.2) is 24.5 Å². The number of aliphatic imine (C=N–C) groups is 1. The van der Waals surface area contributed by atoms with Crippen LogP contribution in [0.25, 0.3) is 10.9 Å². The van der Waals surface area contributed by atoms with E-state index in [0.717, 1.165) is 31.9 Å². The van der Waals surface area contributed by atoms with Gasteiger partial charge in [0.2, 0.25) is 0 Å². The number of aromatic nitrogens is 1. The number of guanidine groups is 1. The van der Waals surface area contributed by atoms with Crippen molar-refractivity contribution in [1.82, 2.24) is 15.6 Å². The number of halogens is 1. The topological polar surface area (TPSA) is 52.2 Å². The number of benzene rings is 1. The van der Waals surface area contributed by atoms with Gasteiger partial charge in [-0.05, 0) is 46.4 Å². The molecule has 1 aromatic carbocycles. The Balaban J connectivity index is 0.00000225. The Labute approximate surface area is 170 Å². The molecule has 134 valence electrons. The molecule has 0 unspecified atom stereocenters. The van der Waals surface area contributed by atoms with Gasteiger partial charge in [-0.25, -0.2) is 0 Å². The fraction of sp³-hybridized carbons (Fsp3) is 0.316. The third-order valence-corrected chi connectivity index (χ3v) is 4.95. The second kappa shape index (κ2) is 9.82. The maximum atomic E-state index is 4.29. The molecule has 0 atom stereocenters. The van der Waals surface area contributed by atoms with E-state index in [-0.39, 0.29) is 24.0 Å². The fourth-order valence-corrected chi connectivity index (χ4v) is 3.56. The molecule has 0 aliphatic heterocycles. The number of H-pyrrole nitrogens is 1. The highest BCUT2D eigenvalue weighted by Gasteiger charge is 2.06. The lowest BCUT2D eigenvalue weighted by Gasteiger charge is -2.11. The molecule has 2 heterocycles. The van der Waals surface area contributed by atoms with Crippen LogP contribution in [0, 0.1) is 0 Å². The van der Waals surface area contributed by atoms with Crippen molar-refractivity contribution in [3.63, 3.8) is 0 Å². The number of hydrogen-bond donors (Lipinski definition) is 3. The van der Waals surface area contributed by atoms with Crippen LogP contribution in [0.3, 0.4) is 0 Å². The van der Waals surface area contributed by atoms with Gasteiger partial charge in [-0.15, -0.1) is 24.0 Å². The summed E-state index contributed by atoms with van der Waals surface area (Å²) in [6.45, 7) is 3.85. The lowest BCUT2D eigenvalue weighted by Crippen LogP contribution is -2.37. The molecule has 6 heteroatoms.